The van der Waals surface area contributed by atoms with Crippen molar-refractivity contribution in [1.82, 2.24) is 15.0 Å². The second kappa shape index (κ2) is 7.63. The summed E-state index contributed by atoms with van der Waals surface area (Å²) in [5.74, 6) is -0.765. The summed E-state index contributed by atoms with van der Waals surface area (Å²) in [5.41, 5.74) is 3.99. The van der Waals surface area contributed by atoms with Gasteiger partial charge in [0.2, 0.25) is 0 Å². The molecule has 0 saturated heterocycles. The smallest absolute Gasteiger partial charge is 0.263 e. The quantitative estimate of drug-likeness (QED) is 0.542. The molecule has 1 aliphatic carbocycles. The van der Waals surface area contributed by atoms with E-state index in [4.69, 9.17) is 0 Å². The van der Waals surface area contributed by atoms with E-state index in [0.29, 0.717) is 10.9 Å². The van der Waals surface area contributed by atoms with Gasteiger partial charge in [-0.15, -0.1) is 11.3 Å². The predicted molar refractivity (Wildman–Crippen MR) is 107 cm³/mol. The molecule has 0 radical (unpaired) electrons. The van der Waals surface area contributed by atoms with Crippen LogP contribution in [-0.4, -0.2) is 21.7 Å². The molecule has 0 unspecified atom stereocenters. The number of benzene rings is 1. The summed E-state index contributed by atoms with van der Waals surface area (Å²) < 4.78 is 14.3. The molecule has 1 atom stereocenters. The number of nitrogens with zero attached hydrogens (tertiary/aromatic N) is 3. The second-order valence-corrected chi connectivity index (χ2v) is 7.89. The summed E-state index contributed by atoms with van der Waals surface area (Å²) in [6.07, 6.45) is 6.94. The Bertz CT molecular complexity index is 1120. The van der Waals surface area contributed by atoms with Gasteiger partial charge in [-0.1, -0.05) is 12.1 Å². The molecule has 2 aromatic heterocycles. The minimum Gasteiger partial charge on any atom is -0.286 e. The molecule has 8 heteroatoms. The number of hydrogen-bond donors (Lipinski definition) is 1. The van der Waals surface area contributed by atoms with E-state index in [-0.39, 0.29) is 11.4 Å². The molecule has 4 rings (SSSR count). The van der Waals surface area contributed by atoms with Crippen LogP contribution in [0.15, 0.2) is 40.5 Å². The SMILES string of the molecule is C[C@H](C(=O)NN=Cc1ccc(F)cc1)n1cnc2sc3c(c2c1=O)CCCC3. The molecule has 1 aliphatic rings. The van der Waals surface area contributed by atoms with Gasteiger partial charge in [0.05, 0.1) is 17.9 Å². The first-order valence-corrected chi connectivity index (χ1v) is 9.96. The van der Waals surface area contributed by atoms with E-state index in [0.717, 1.165) is 36.1 Å². The van der Waals surface area contributed by atoms with E-state index in [1.807, 2.05) is 0 Å². The fraction of sp³-hybridized carbons (Fsp3) is 0.300. The van der Waals surface area contributed by atoms with Gasteiger partial charge in [-0.05, 0) is 55.9 Å². The van der Waals surface area contributed by atoms with Crippen LogP contribution in [-0.2, 0) is 17.6 Å². The van der Waals surface area contributed by atoms with E-state index in [2.05, 4.69) is 15.5 Å². The van der Waals surface area contributed by atoms with Gasteiger partial charge in [-0.25, -0.2) is 14.8 Å². The molecule has 0 aliphatic heterocycles. The number of hydrogen-bond acceptors (Lipinski definition) is 5. The zero-order valence-corrected chi connectivity index (χ0v) is 16.1. The van der Waals surface area contributed by atoms with Crippen molar-refractivity contribution < 1.29 is 9.18 Å². The van der Waals surface area contributed by atoms with E-state index >= 15 is 0 Å². The van der Waals surface area contributed by atoms with Crippen molar-refractivity contribution in [1.29, 1.82) is 0 Å². The molecule has 1 amide bonds. The number of fused-ring (bicyclic) bond motifs is 3. The summed E-state index contributed by atoms with van der Waals surface area (Å²) in [7, 11) is 0. The van der Waals surface area contributed by atoms with Crippen molar-refractivity contribution in [2.24, 2.45) is 5.10 Å². The highest BCUT2D eigenvalue weighted by atomic mass is 32.1. The Labute approximate surface area is 164 Å². The third-order valence-corrected chi connectivity index (χ3v) is 6.16. The number of halogens is 1. The third kappa shape index (κ3) is 3.47. The van der Waals surface area contributed by atoms with E-state index in [1.54, 1.807) is 30.4 Å². The highest BCUT2D eigenvalue weighted by Gasteiger charge is 2.23. The Kier molecular flexibility index (Phi) is 5.04. The maximum absolute atomic E-state index is 13.0. The van der Waals surface area contributed by atoms with Crippen LogP contribution in [0, 0.1) is 5.82 Å². The maximum atomic E-state index is 13.0. The van der Waals surface area contributed by atoms with Crippen LogP contribution in [0.4, 0.5) is 4.39 Å². The van der Waals surface area contributed by atoms with Gasteiger partial charge >= 0.3 is 0 Å². The third-order valence-electron chi connectivity index (χ3n) is 4.96. The summed E-state index contributed by atoms with van der Waals surface area (Å²) in [5, 5.41) is 4.54. The number of aromatic nitrogens is 2. The number of carbonyl (C=O) groups excluding carboxylic acids is 1. The Hall–Kier alpha value is -2.87. The fourth-order valence-electron chi connectivity index (χ4n) is 3.37. The zero-order valence-electron chi connectivity index (χ0n) is 15.3. The largest absolute Gasteiger partial charge is 0.286 e. The van der Waals surface area contributed by atoms with Gasteiger partial charge in [0.1, 0.15) is 16.7 Å². The number of amides is 1. The van der Waals surface area contributed by atoms with Gasteiger partial charge in [0.15, 0.2) is 0 Å². The molecule has 0 saturated carbocycles. The number of rotatable bonds is 4. The normalized spacial score (nSPS) is 14.9. The Morgan fingerprint density at radius 3 is 2.86 bits per heavy atom. The second-order valence-electron chi connectivity index (χ2n) is 6.81. The predicted octanol–water partition coefficient (Wildman–Crippen LogP) is 3.19. The van der Waals surface area contributed by atoms with Gasteiger partial charge in [0.25, 0.3) is 11.5 Å². The van der Waals surface area contributed by atoms with Crippen LogP contribution in [0.5, 0.6) is 0 Å². The molecular formula is C20H19FN4O2S. The van der Waals surface area contributed by atoms with Crippen LogP contribution in [0.2, 0.25) is 0 Å². The van der Waals surface area contributed by atoms with Crippen molar-refractivity contribution in [3.63, 3.8) is 0 Å². The average molecular weight is 398 g/mol. The molecule has 0 spiro atoms. The molecule has 6 nitrogen and oxygen atoms in total. The van der Waals surface area contributed by atoms with E-state index in [1.165, 1.54) is 34.1 Å². The zero-order chi connectivity index (χ0) is 19.7. The van der Waals surface area contributed by atoms with Crippen LogP contribution < -0.4 is 11.0 Å². The summed E-state index contributed by atoms with van der Waals surface area (Å²) in [6.45, 7) is 1.64. The molecule has 0 bridgehead atoms. The number of aryl methyl sites for hydroxylation is 2. The van der Waals surface area contributed by atoms with Gasteiger partial charge in [0, 0.05) is 4.88 Å². The Balaban J connectivity index is 1.55. The fourth-order valence-corrected chi connectivity index (χ4v) is 4.59. The first-order chi connectivity index (χ1) is 13.5. The lowest BCUT2D eigenvalue weighted by Crippen LogP contribution is -2.34. The lowest BCUT2D eigenvalue weighted by atomic mass is 9.97. The number of thiophene rings is 1. The number of hydrazone groups is 1. The molecule has 1 N–H and O–H groups in total. The Morgan fingerprint density at radius 2 is 2.07 bits per heavy atom. The first-order valence-electron chi connectivity index (χ1n) is 9.14. The molecule has 144 valence electrons. The minimum absolute atomic E-state index is 0.186. The van der Waals surface area contributed by atoms with Crippen LogP contribution in [0.1, 0.15) is 41.8 Å². The summed E-state index contributed by atoms with van der Waals surface area (Å²) in [4.78, 5) is 31.8. The topological polar surface area (TPSA) is 76.3 Å². The molecule has 0 fully saturated rings. The highest BCUT2D eigenvalue weighted by Crippen LogP contribution is 2.33. The van der Waals surface area contributed by atoms with Gasteiger partial charge < -0.3 is 0 Å². The van der Waals surface area contributed by atoms with Crippen molar-refractivity contribution in [3.05, 3.63) is 62.8 Å². The van der Waals surface area contributed by atoms with E-state index in [9.17, 15) is 14.0 Å². The first kappa shape index (κ1) is 18.5. The van der Waals surface area contributed by atoms with Crippen LogP contribution >= 0.6 is 11.3 Å². The van der Waals surface area contributed by atoms with Crippen LogP contribution in [0.25, 0.3) is 10.2 Å². The molecule has 1 aromatic carbocycles. The molecular weight excluding hydrogens is 379 g/mol. The van der Waals surface area contributed by atoms with E-state index < -0.39 is 11.9 Å². The molecule has 3 aromatic rings. The van der Waals surface area contributed by atoms with Crippen molar-refractivity contribution in [2.75, 3.05) is 0 Å². The maximum Gasteiger partial charge on any atom is 0.263 e. The molecule has 28 heavy (non-hydrogen) atoms. The lowest BCUT2D eigenvalue weighted by molar-refractivity contribution is -0.123. The highest BCUT2D eigenvalue weighted by molar-refractivity contribution is 7.18. The summed E-state index contributed by atoms with van der Waals surface area (Å²) in [6, 6.07) is 4.98. The van der Waals surface area contributed by atoms with Crippen LogP contribution in [0.3, 0.4) is 0 Å². The van der Waals surface area contributed by atoms with Crippen molar-refractivity contribution in [3.8, 4) is 0 Å². The van der Waals surface area contributed by atoms with Gasteiger partial charge in [-0.3, -0.25) is 14.2 Å². The standard InChI is InChI=1S/C20H19FN4O2S/c1-12(18(26)24-23-10-13-6-8-14(21)9-7-13)25-11-22-19-17(20(25)27)15-4-2-3-5-16(15)28-19/h6-12H,2-5H2,1H3,(H,24,26)/t12-/m1/s1. The number of nitrogens with one attached hydrogen (secondary N) is 1. The monoisotopic (exact) mass is 398 g/mol. The van der Waals surface area contributed by atoms with Crippen molar-refractivity contribution >= 4 is 33.7 Å². The van der Waals surface area contributed by atoms with Gasteiger partial charge in [-0.2, -0.15) is 5.10 Å². The Morgan fingerprint density at radius 1 is 1.32 bits per heavy atom. The minimum atomic E-state index is -0.756. The lowest BCUT2D eigenvalue weighted by Gasteiger charge is -2.14. The molecule has 2 heterocycles. The summed E-state index contributed by atoms with van der Waals surface area (Å²) >= 11 is 1.58. The number of carbonyl (C=O) groups is 1. The van der Waals surface area contributed by atoms with Crippen molar-refractivity contribution in [2.45, 2.75) is 38.6 Å². The average Bonchev–Trinajstić information content (AvgIpc) is 3.08.